The molecule has 0 aliphatic rings. The molecule has 0 amide bonds. The van der Waals surface area contributed by atoms with Crippen molar-refractivity contribution in [1.82, 2.24) is 0 Å². The van der Waals surface area contributed by atoms with E-state index in [1.807, 2.05) is 0 Å². The summed E-state index contributed by atoms with van der Waals surface area (Å²) in [6.45, 7) is 3.22. The quantitative estimate of drug-likeness (QED) is 0.230. The van der Waals surface area contributed by atoms with Crippen molar-refractivity contribution in [2.24, 2.45) is 0 Å². The van der Waals surface area contributed by atoms with Gasteiger partial charge in [-0.2, -0.15) is 0 Å². The summed E-state index contributed by atoms with van der Waals surface area (Å²) in [5.41, 5.74) is 0. The van der Waals surface area contributed by atoms with Crippen LogP contribution in [-0.2, 0) is 4.57 Å². The van der Waals surface area contributed by atoms with Gasteiger partial charge in [0.05, 0.1) is 0 Å². The van der Waals surface area contributed by atoms with Gasteiger partial charge in [0.2, 0.25) is 0 Å². The first kappa shape index (κ1) is 10.7. The summed E-state index contributed by atoms with van der Waals surface area (Å²) < 4.78 is 9.57. The standard InChI is InChI=1S/C3H5O2P.Na/c1-2-3-6(4)5;/h2H,1,3H2;/q;+1. The van der Waals surface area contributed by atoms with Crippen LogP contribution in [0.1, 0.15) is 0 Å². The number of allylic oxidation sites excluding steroid dienone is 1. The van der Waals surface area contributed by atoms with Crippen LogP contribution in [0.3, 0.4) is 0 Å². The molecule has 0 radical (unpaired) electrons. The Labute approximate surface area is 65.8 Å². The van der Waals surface area contributed by atoms with Gasteiger partial charge in [-0.1, -0.05) is 11.1 Å². The Balaban J connectivity index is 0. The van der Waals surface area contributed by atoms with Gasteiger partial charge in [-0.25, -0.2) is 0 Å². The zero-order valence-electron chi connectivity index (χ0n) is 4.26. The third kappa shape index (κ3) is 10.8. The molecular weight excluding hydrogens is 122 g/mol. The molecule has 0 saturated carbocycles. The van der Waals surface area contributed by atoms with Crippen molar-refractivity contribution in [1.29, 1.82) is 0 Å². The fourth-order valence-corrected chi connectivity index (χ4v) is 0.316. The maximum Gasteiger partial charge on any atom is 1.00 e. The third-order valence-electron chi connectivity index (χ3n) is 0.278. The molecule has 0 rings (SSSR count). The topological polar surface area (TPSA) is 40.1 Å². The first-order valence-electron chi connectivity index (χ1n) is 1.50. The fraction of sp³-hybridized carbons (Fsp3) is 0.333. The Morgan fingerprint density at radius 2 is 2.29 bits per heavy atom. The molecule has 0 heterocycles. The normalized spacial score (nSPS) is 9.00. The van der Waals surface area contributed by atoms with Gasteiger partial charge >= 0.3 is 37.6 Å². The largest absolute Gasteiger partial charge is 1.00 e. The molecule has 0 spiro atoms. The Morgan fingerprint density at radius 3 is 2.29 bits per heavy atom. The van der Waals surface area contributed by atoms with E-state index in [0.717, 1.165) is 0 Å². The molecule has 0 aromatic carbocycles. The first-order chi connectivity index (χ1) is 2.77. The van der Waals surface area contributed by atoms with Crippen molar-refractivity contribution in [2.75, 3.05) is 6.16 Å². The van der Waals surface area contributed by atoms with E-state index in [2.05, 4.69) is 6.58 Å². The summed E-state index contributed by atoms with van der Waals surface area (Å²) in [5, 5.41) is 0. The number of rotatable bonds is 2. The van der Waals surface area contributed by atoms with Crippen LogP contribution in [0.25, 0.3) is 0 Å². The van der Waals surface area contributed by atoms with Gasteiger partial charge in [-0.15, -0.1) is 0 Å². The molecule has 0 aliphatic heterocycles. The molecule has 0 aromatic rings. The predicted molar refractivity (Wildman–Crippen MR) is 22.7 cm³/mol. The minimum atomic E-state index is -2.22. The molecule has 4 heteroatoms. The summed E-state index contributed by atoms with van der Waals surface area (Å²) in [6.07, 6.45) is 1.45. The van der Waals surface area contributed by atoms with Gasteiger partial charge in [0.15, 0.2) is 6.16 Å². The van der Waals surface area contributed by atoms with Gasteiger partial charge in [-0.3, -0.25) is 0 Å². The van der Waals surface area contributed by atoms with Gasteiger partial charge in [0.1, 0.15) is 0 Å². The van der Waals surface area contributed by atoms with Crippen molar-refractivity contribution in [3.8, 4) is 0 Å². The van der Waals surface area contributed by atoms with Crippen LogP contribution in [0.15, 0.2) is 12.7 Å². The van der Waals surface area contributed by atoms with E-state index in [9.17, 15) is 9.46 Å². The third-order valence-corrected chi connectivity index (χ3v) is 0.835. The van der Waals surface area contributed by atoms with Crippen LogP contribution in [0.5, 0.6) is 0 Å². The van der Waals surface area contributed by atoms with Crippen molar-refractivity contribution < 1.29 is 39.0 Å². The van der Waals surface area contributed by atoms with E-state index >= 15 is 0 Å². The molecule has 1 unspecified atom stereocenters. The molecule has 1 atom stereocenters. The average Bonchev–Trinajstić information content (AvgIpc) is 1.35. The zero-order valence-corrected chi connectivity index (χ0v) is 7.15. The fourth-order valence-electron chi connectivity index (χ4n) is 0.105. The first-order valence-corrected chi connectivity index (χ1v) is 2.86. The molecule has 0 aliphatic carbocycles. The van der Waals surface area contributed by atoms with Gasteiger partial charge < -0.3 is 4.89 Å². The summed E-state index contributed by atoms with van der Waals surface area (Å²) in [5.74, 6) is 0. The van der Waals surface area contributed by atoms with E-state index in [1.165, 1.54) is 6.08 Å². The van der Waals surface area contributed by atoms with Crippen LogP contribution in [0.4, 0.5) is 0 Å². The minimum absolute atomic E-state index is 0. The Hall–Kier alpha value is 0.800. The van der Waals surface area contributed by atoms with Crippen LogP contribution >= 0.6 is 8.03 Å². The van der Waals surface area contributed by atoms with Crippen LogP contribution < -0.4 is 34.5 Å². The minimum Gasteiger partial charge on any atom is -0.595 e. The van der Waals surface area contributed by atoms with Crippen LogP contribution in [-0.4, -0.2) is 6.16 Å². The molecule has 0 N–H and O–H groups in total. The molecule has 34 valence electrons. The summed E-state index contributed by atoms with van der Waals surface area (Å²) in [7, 11) is -2.22. The second-order valence-corrected chi connectivity index (χ2v) is 1.83. The molecule has 0 aromatic heterocycles. The van der Waals surface area contributed by atoms with Crippen LogP contribution in [0.2, 0.25) is 0 Å². The second kappa shape index (κ2) is 6.80. The van der Waals surface area contributed by atoms with Gasteiger partial charge in [0, 0.05) is 0 Å². The van der Waals surface area contributed by atoms with E-state index < -0.39 is 8.03 Å². The van der Waals surface area contributed by atoms with Gasteiger partial charge in [0.25, 0.3) is 0 Å². The maximum absolute atomic E-state index is 9.57. The van der Waals surface area contributed by atoms with E-state index in [4.69, 9.17) is 0 Å². The maximum atomic E-state index is 9.57. The van der Waals surface area contributed by atoms with Crippen molar-refractivity contribution in [2.45, 2.75) is 0 Å². The Kier molecular flexibility index (Phi) is 10.4. The van der Waals surface area contributed by atoms with Crippen molar-refractivity contribution in [3.63, 3.8) is 0 Å². The molecule has 2 nitrogen and oxygen atoms in total. The molecular formula is C3H5NaO2P+. The predicted octanol–water partition coefficient (Wildman–Crippen LogP) is -2.72. The summed E-state index contributed by atoms with van der Waals surface area (Å²) >= 11 is 0. The Bertz CT molecular complexity index is 73.3. The van der Waals surface area contributed by atoms with Crippen molar-refractivity contribution >= 4 is 8.03 Å². The number of hydrogen-bond acceptors (Lipinski definition) is 2. The van der Waals surface area contributed by atoms with E-state index in [1.54, 1.807) is 0 Å². The monoisotopic (exact) mass is 127 g/mol. The molecule has 7 heavy (non-hydrogen) atoms. The molecule has 0 fully saturated rings. The molecule has 0 bridgehead atoms. The summed E-state index contributed by atoms with van der Waals surface area (Å²) in [6, 6.07) is 0. The molecule has 0 saturated heterocycles. The van der Waals surface area contributed by atoms with Crippen molar-refractivity contribution in [3.05, 3.63) is 12.7 Å². The van der Waals surface area contributed by atoms with E-state index in [0.29, 0.717) is 0 Å². The smallest absolute Gasteiger partial charge is 0.595 e. The second-order valence-electron chi connectivity index (χ2n) is 0.804. The average molecular weight is 127 g/mol. The Morgan fingerprint density at radius 1 is 1.86 bits per heavy atom. The SMILES string of the molecule is C=CC[P+](=O)[O-].[Na+]. The van der Waals surface area contributed by atoms with Gasteiger partial charge in [-0.05, 0) is 6.08 Å². The number of hydrogen-bond donors (Lipinski definition) is 0. The van der Waals surface area contributed by atoms with E-state index in [-0.39, 0.29) is 35.7 Å². The van der Waals surface area contributed by atoms with Crippen LogP contribution in [0, 0.1) is 0 Å². The zero-order chi connectivity index (χ0) is 4.99. The summed E-state index contributed by atoms with van der Waals surface area (Å²) in [4.78, 5) is 9.57.